The molecule has 5 nitrogen and oxygen atoms in total. The molecule has 2 N–H and O–H groups in total. The van der Waals surface area contributed by atoms with E-state index < -0.39 is 0 Å². The molecule has 1 aliphatic rings. The first-order valence-corrected chi connectivity index (χ1v) is 9.87. The molecule has 144 valence electrons. The first-order chi connectivity index (χ1) is 12.6. The molecule has 1 aliphatic heterocycles. The topological polar surface area (TPSA) is 67.4 Å². The number of unbranched alkanes of at least 4 members (excludes halogenated alkanes) is 2. The Balaban J connectivity index is 1.70. The molecule has 2 unspecified atom stereocenters. The number of rotatable bonds is 10. The molecule has 1 aromatic rings. The fraction of sp³-hybridized carbons (Fsp3) is 0.619. The highest BCUT2D eigenvalue weighted by atomic mass is 16.5. The van der Waals surface area contributed by atoms with Crippen LogP contribution in [0.2, 0.25) is 0 Å². The summed E-state index contributed by atoms with van der Waals surface area (Å²) in [6, 6.07) is 7.87. The fourth-order valence-corrected chi connectivity index (χ4v) is 3.21. The van der Waals surface area contributed by atoms with Crippen molar-refractivity contribution in [3.05, 3.63) is 29.8 Å². The van der Waals surface area contributed by atoms with Crippen LogP contribution in [0.1, 0.15) is 69.2 Å². The van der Waals surface area contributed by atoms with Crippen LogP contribution in [0, 0.1) is 0 Å². The van der Waals surface area contributed by atoms with Gasteiger partial charge in [-0.05, 0) is 57.0 Å². The predicted octanol–water partition coefficient (Wildman–Crippen LogP) is 3.48. The van der Waals surface area contributed by atoms with Crippen LogP contribution in [0.4, 0.5) is 0 Å². The average molecular weight is 360 g/mol. The number of Topliss-reactive ketones (excluding diaryl/α,β-unsaturated/α-hetero) is 1. The van der Waals surface area contributed by atoms with E-state index in [1.165, 1.54) is 6.42 Å². The van der Waals surface area contributed by atoms with Gasteiger partial charge in [-0.2, -0.15) is 0 Å². The molecule has 0 radical (unpaired) electrons. The Kier molecular flexibility index (Phi) is 8.62. The van der Waals surface area contributed by atoms with Gasteiger partial charge in [-0.3, -0.25) is 9.59 Å². The van der Waals surface area contributed by atoms with Gasteiger partial charge in [-0.15, -0.1) is 0 Å². The van der Waals surface area contributed by atoms with E-state index in [0.717, 1.165) is 38.0 Å². The number of carbonyl (C=O) groups is 2. The van der Waals surface area contributed by atoms with Gasteiger partial charge in [0, 0.05) is 30.5 Å². The van der Waals surface area contributed by atoms with E-state index in [-0.39, 0.29) is 30.6 Å². The molecule has 1 amide bonds. The van der Waals surface area contributed by atoms with Crippen molar-refractivity contribution in [1.29, 1.82) is 0 Å². The molecule has 5 heteroatoms. The van der Waals surface area contributed by atoms with Crippen molar-refractivity contribution in [1.82, 2.24) is 10.6 Å². The molecule has 0 saturated carbocycles. The molecule has 1 fully saturated rings. The zero-order chi connectivity index (χ0) is 18.8. The number of ketones is 1. The van der Waals surface area contributed by atoms with Crippen LogP contribution < -0.4 is 15.4 Å². The van der Waals surface area contributed by atoms with E-state index in [0.29, 0.717) is 18.2 Å². The molecular weight excluding hydrogens is 328 g/mol. The minimum Gasteiger partial charge on any atom is -0.494 e. The van der Waals surface area contributed by atoms with Crippen molar-refractivity contribution < 1.29 is 14.3 Å². The summed E-state index contributed by atoms with van der Waals surface area (Å²) < 4.78 is 5.65. The largest absolute Gasteiger partial charge is 0.494 e. The summed E-state index contributed by atoms with van der Waals surface area (Å²) in [4.78, 5) is 24.3. The van der Waals surface area contributed by atoms with Gasteiger partial charge in [0.25, 0.3) is 0 Å². The quantitative estimate of drug-likeness (QED) is 0.495. The number of piperidine rings is 1. The minimum absolute atomic E-state index is 0.00337. The number of hydrogen-bond donors (Lipinski definition) is 2. The van der Waals surface area contributed by atoms with Crippen LogP contribution in [-0.2, 0) is 4.79 Å². The maximum atomic E-state index is 12.3. The number of benzene rings is 1. The maximum Gasteiger partial charge on any atom is 0.220 e. The molecule has 0 spiro atoms. The van der Waals surface area contributed by atoms with E-state index in [1.54, 1.807) is 12.1 Å². The van der Waals surface area contributed by atoms with E-state index in [4.69, 9.17) is 4.74 Å². The summed E-state index contributed by atoms with van der Waals surface area (Å²) in [6.07, 6.45) is 5.75. The lowest BCUT2D eigenvalue weighted by Gasteiger charge is -2.28. The summed E-state index contributed by atoms with van der Waals surface area (Å²) in [6.45, 7) is 5.92. The standard InChI is InChI=1S/C21H32N2O3/c1-3-4-5-14-26-19-8-6-17(7-9-19)20(24)10-11-21(25)23-18-12-13-22-16(2)15-18/h6-9,16,18,22H,3-5,10-15H2,1-2H3,(H,23,25). The summed E-state index contributed by atoms with van der Waals surface area (Å²) in [5.74, 6) is 0.750. The van der Waals surface area contributed by atoms with Gasteiger partial charge in [-0.25, -0.2) is 0 Å². The lowest BCUT2D eigenvalue weighted by molar-refractivity contribution is -0.122. The molecule has 0 bridgehead atoms. The van der Waals surface area contributed by atoms with Gasteiger partial charge in [0.2, 0.25) is 5.91 Å². The Labute approximate surface area is 156 Å². The Morgan fingerprint density at radius 2 is 1.96 bits per heavy atom. The first kappa shape index (κ1) is 20.4. The number of carbonyl (C=O) groups excluding carboxylic acids is 2. The lowest BCUT2D eigenvalue weighted by atomic mass is 10.00. The molecule has 1 heterocycles. The number of amides is 1. The Morgan fingerprint density at radius 1 is 1.19 bits per heavy atom. The zero-order valence-corrected chi connectivity index (χ0v) is 16.1. The van der Waals surface area contributed by atoms with E-state index >= 15 is 0 Å². The highest BCUT2D eigenvalue weighted by molar-refractivity contribution is 5.98. The third-order valence-corrected chi connectivity index (χ3v) is 4.76. The smallest absolute Gasteiger partial charge is 0.220 e. The van der Waals surface area contributed by atoms with Crippen molar-refractivity contribution in [2.45, 2.75) is 70.9 Å². The van der Waals surface area contributed by atoms with Crippen LogP contribution in [0.25, 0.3) is 0 Å². The van der Waals surface area contributed by atoms with Crippen LogP contribution in [0.15, 0.2) is 24.3 Å². The van der Waals surface area contributed by atoms with Gasteiger partial charge in [-0.1, -0.05) is 19.8 Å². The third kappa shape index (κ3) is 7.16. The van der Waals surface area contributed by atoms with Crippen molar-refractivity contribution >= 4 is 11.7 Å². The highest BCUT2D eigenvalue weighted by Gasteiger charge is 2.20. The summed E-state index contributed by atoms with van der Waals surface area (Å²) in [5, 5.41) is 6.41. The molecule has 1 aromatic carbocycles. The SMILES string of the molecule is CCCCCOc1ccc(C(=O)CCC(=O)NC2CCNC(C)C2)cc1. The second-order valence-corrected chi connectivity index (χ2v) is 7.15. The lowest BCUT2D eigenvalue weighted by Crippen LogP contribution is -2.46. The predicted molar refractivity (Wildman–Crippen MR) is 104 cm³/mol. The third-order valence-electron chi connectivity index (χ3n) is 4.76. The van der Waals surface area contributed by atoms with Gasteiger partial charge >= 0.3 is 0 Å². The Bertz CT molecular complexity index is 571. The van der Waals surface area contributed by atoms with Gasteiger partial charge < -0.3 is 15.4 Å². The Hall–Kier alpha value is -1.88. The van der Waals surface area contributed by atoms with Crippen LogP contribution in [-0.4, -0.2) is 36.9 Å². The molecule has 0 aromatic heterocycles. The van der Waals surface area contributed by atoms with Crippen LogP contribution in [0.3, 0.4) is 0 Å². The molecule has 2 atom stereocenters. The van der Waals surface area contributed by atoms with Crippen molar-refractivity contribution in [2.24, 2.45) is 0 Å². The van der Waals surface area contributed by atoms with Crippen LogP contribution in [0.5, 0.6) is 5.75 Å². The maximum absolute atomic E-state index is 12.3. The van der Waals surface area contributed by atoms with E-state index in [1.807, 2.05) is 12.1 Å². The van der Waals surface area contributed by atoms with Crippen molar-refractivity contribution in [3.63, 3.8) is 0 Å². The van der Waals surface area contributed by atoms with E-state index in [9.17, 15) is 9.59 Å². The van der Waals surface area contributed by atoms with E-state index in [2.05, 4.69) is 24.5 Å². The fourth-order valence-electron chi connectivity index (χ4n) is 3.21. The summed E-state index contributed by atoms with van der Waals surface area (Å²) >= 11 is 0. The number of hydrogen-bond acceptors (Lipinski definition) is 4. The monoisotopic (exact) mass is 360 g/mol. The zero-order valence-electron chi connectivity index (χ0n) is 16.1. The second kappa shape index (κ2) is 11.0. The molecule has 1 saturated heterocycles. The van der Waals surface area contributed by atoms with Gasteiger partial charge in [0.1, 0.15) is 5.75 Å². The molecular formula is C21H32N2O3. The Morgan fingerprint density at radius 3 is 2.65 bits per heavy atom. The first-order valence-electron chi connectivity index (χ1n) is 9.87. The van der Waals surface area contributed by atoms with Gasteiger partial charge in [0.05, 0.1) is 6.61 Å². The summed E-state index contributed by atoms with van der Waals surface area (Å²) in [7, 11) is 0. The van der Waals surface area contributed by atoms with Crippen LogP contribution >= 0.6 is 0 Å². The average Bonchev–Trinajstić information content (AvgIpc) is 2.64. The molecule has 26 heavy (non-hydrogen) atoms. The van der Waals surface area contributed by atoms with Crippen molar-refractivity contribution in [3.8, 4) is 5.75 Å². The number of nitrogens with one attached hydrogen (secondary N) is 2. The molecule has 0 aliphatic carbocycles. The number of ether oxygens (including phenoxy) is 1. The summed E-state index contributed by atoms with van der Waals surface area (Å²) in [5.41, 5.74) is 0.634. The van der Waals surface area contributed by atoms with Crippen molar-refractivity contribution in [2.75, 3.05) is 13.2 Å². The normalized spacial score (nSPS) is 19.8. The second-order valence-electron chi connectivity index (χ2n) is 7.15. The highest BCUT2D eigenvalue weighted by Crippen LogP contribution is 2.15. The minimum atomic E-state index is -0.0340. The molecule has 2 rings (SSSR count). The van der Waals surface area contributed by atoms with Gasteiger partial charge in [0.15, 0.2) is 5.78 Å².